The zero-order chi connectivity index (χ0) is 16.3. The second-order valence-corrected chi connectivity index (χ2v) is 6.56. The van der Waals surface area contributed by atoms with E-state index in [-0.39, 0.29) is 24.2 Å². The highest BCUT2D eigenvalue weighted by molar-refractivity contribution is 5.96. The molecule has 0 aliphatic heterocycles. The Morgan fingerprint density at radius 3 is 1.85 bits per heavy atom. The summed E-state index contributed by atoms with van der Waals surface area (Å²) in [6.07, 6.45) is 0.742. The Kier molecular flexibility index (Phi) is 5.93. The van der Waals surface area contributed by atoms with Crippen molar-refractivity contribution >= 4 is 17.8 Å². The Bertz CT molecular complexity index is 401. The summed E-state index contributed by atoms with van der Waals surface area (Å²) in [5.41, 5.74) is -1.80. The lowest BCUT2D eigenvalue weighted by atomic mass is 9.76. The molecule has 116 valence electrons. The first kappa shape index (κ1) is 18.6. The number of amides is 2. The molecule has 0 saturated carbocycles. The fraction of sp³-hybridized carbons (Fsp3) is 0.800. The third kappa shape index (κ3) is 4.05. The lowest BCUT2D eigenvalue weighted by molar-refractivity contribution is -0.159. The highest BCUT2D eigenvalue weighted by Gasteiger charge is 2.43. The molecule has 0 aliphatic carbocycles. The van der Waals surface area contributed by atoms with Gasteiger partial charge in [-0.3, -0.25) is 19.3 Å². The topological polar surface area (TPSA) is 74.7 Å². The number of carboxylic acid groups (broad SMARTS) is 1. The number of imide groups is 1. The van der Waals surface area contributed by atoms with E-state index in [0.29, 0.717) is 6.42 Å². The molecule has 0 radical (unpaired) electrons. The van der Waals surface area contributed by atoms with Crippen LogP contribution in [0, 0.1) is 11.3 Å². The molecule has 0 aromatic rings. The number of carboxylic acids is 1. The molecule has 0 bridgehead atoms. The van der Waals surface area contributed by atoms with Crippen LogP contribution >= 0.6 is 0 Å². The van der Waals surface area contributed by atoms with Gasteiger partial charge < -0.3 is 5.11 Å². The molecule has 0 aliphatic rings. The average Bonchev–Trinajstić information content (AvgIpc) is 2.27. The normalized spacial score (nSPS) is 14.8. The maximum atomic E-state index is 12.3. The molecule has 1 unspecified atom stereocenters. The van der Waals surface area contributed by atoms with Gasteiger partial charge in [0.2, 0.25) is 11.8 Å². The minimum atomic E-state index is -1.00. The maximum absolute atomic E-state index is 12.3. The van der Waals surface area contributed by atoms with Crippen LogP contribution < -0.4 is 0 Å². The smallest absolute Gasteiger partial charge is 0.309 e. The summed E-state index contributed by atoms with van der Waals surface area (Å²) in [4.78, 5) is 36.8. The molecule has 0 fully saturated rings. The van der Waals surface area contributed by atoms with Crippen LogP contribution in [0.15, 0.2) is 0 Å². The second kappa shape index (κ2) is 6.37. The van der Waals surface area contributed by atoms with E-state index in [9.17, 15) is 19.5 Å². The number of nitrogens with zero attached hydrogens (tertiary/aromatic N) is 1. The average molecular weight is 285 g/mol. The molecule has 0 aromatic heterocycles. The van der Waals surface area contributed by atoms with Gasteiger partial charge in [-0.2, -0.15) is 0 Å². The van der Waals surface area contributed by atoms with Crippen molar-refractivity contribution in [3.05, 3.63) is 0 Å². The molecule has 1 atom stereocenters. The number of aliphatic carboxylic acids is 1. The van der Waals surface area contributed by atoms with Gasteiger partial charge in [0, 0.05) is 18.4 Å². The van der Waals surface area contributed by atoms with Gasteiger partial charge in [0.15, 0.2) is 0 Å². The number of hydrogen-bond acceptors (Lipinski definition) is 3. The van der Waals surface area contributed by atoms with Crippen molar-refractivity contribution in [1.29, 1.82) is 0 Å². The van der Waals surface area contributed by atoms with Gasteiger partial charge in [-0.25, -0.2) is 0 Å². The van der Waals surface area contributed by atoms with E-state index in [2.05, 4.69) is 0 Å². The molecule has 2 amide bonds. The van der Waals surface area contributed by atoms with Crippen molar-refractivity contribution in [2.75, 3.05) is 0 Å². The fourth-order valence-corrected chi connectivity index (χ4v) is 2.45. The highest BCUT2D eigenvalue weighted by atomic mass is 16.4. The minimum absolute atomic E-state index is 0.226. The van der Waals surface area contributed by atoms with Gasteiger partial charge in [0.05, 0.1) is 5.41 Å². The summed E-state index contributed by atoms with van der Waals surface area (Å²) >= 11 is 0. The standard InChI is InChI=1S/C15H27NO4/c1-8-15(7,9-14(5,6)13(19)20)16(11(4)17)12(18)10(2)3/h10H,8-9H2,1-7H3,(H,19,20). The third-order valence-corrected chi connectivity index (χ3v) is 3.73. The van der Waals surface area contributed by atoms with E-state index in [4.69, 9.17) is 0 Å². The zero-order valence-corrected chi connectivity index (χ0v) is 13.6. The van der Waals surface area contributed by atoms with Gasteiger partial charge in [0.25, 0.3) is 0 Å². The van der Waals surface area contributed by atoms with Crippen LogP contribution in [0.2, 0.25) is 0 Å². The lowest BCUT2D eigenvalue weighted by Crippen LogP contribution is -2.55. The monoisotopic (exact) mass is 285 g/mol. The number of carbonyl (C=O) groups is 3. The first-order chi connectivity index (χ1) is 8.89. The minimum Gasteiger partial charge on any atom is -0.481 e. The molecule has 0 rings (SSSR count). The summed E-state index contributed by atoms with van der Waals surface area (Å²) in [7, 11) is 0. The van der Waals surface area contributed by atoms with Crippen LogP contribution in [0.1, 0.15) is 61.3 Å². The molecule has 0 aromatic carbocycles. The molecular weight excluding hydrogens is 258 g/mol. The van der Waals surface area contributed by atoms with Crippen LogP contribution in [0.5, 0.6) is 0 Å². The van der Waals surface area contributed by atoms with Gasteiger partial charge in [-0.1, -0.05) is 20.8 Å². The van der Waals surface area contributed by atoms with Crippen molar-refractivity contribution in [2.24, 2.45) is 11.3 Å². The van der Waals surface area contributed by atoms with E-state index in [1.54, 1.807) is 34.6 Å². The summed E-state index contributed by atoms with van der Waals surface area (Å²) in [6, 6.07) is 0. The van der Waals surface area contributed by atoms with E-state index in [1.807, 2.05) is 6.92 Å². The number of hydrogen-bond donors (Lipinski definition) is 1. The maximum Gasteiger partial charge on any atom is 0.309 e. The summed E-state index contributed by atoms with van der Waals surface area (Å²) in [5.74, 6) is -1.84. The number of rotatable bonds is 6. The third-order valence-electron chi connectivity index (χ3n) is 3.73. The summed E-state index contributed by atoms with van der Waals surface area (Å²) in [6.45, 7) is 11.7. The van der Waals surface area contributed by atoms with Crippen LogP contribution in [0.25, 0.3) is 0 Å². The van der Waals surface area contributed by atoms with E-state index < -0.39 is 16.9 Å². The van der Waals surface area contributed by atoms with Gasteiger partial charge in [-0.05, 0) is 33.6 Å². The first-order valence-electron chi connectivity index (χ1n) is 6.97. The van der Waals surface area contributed by atoms with Gasteiger partial charge >= 0.3 is 5.97 Å². The summed E-state index contributed by atoms with van der Waals surface area (Å²) < 4.78 is 0. The predicted octanol–water partition coefficient (Wildman–Crippen LogP) is 2.69. The van der Waals surface area contributed by atoms with Gasteiger partial charge in [-0.15, -0.1) is 0 Å². The lowest BCUT2D eigenvalue weighted by Gasteiger charge is -2.43. The molecule has 5 nitrogen and oxygen atoms in total. The SMILES string of the molecule is CCC(C)(CC(C)(C)C(=O)O)N(C(C)=O)C(=O)C(C)C. The highest BCUT2D eigenvalue weighted by Crippen LogP contribution is 2.35. The molecule has 0 saturated heterocycles. The Morgan fingerprint density at radius 1 is 1.15 bits per heavy atom. The molecule has 0 spiro atoms. The Morgan fingerprint density at radius 2 is 1.60 bits per heavy atom. The van der Waals surface area contributed by atoms with Crippen LogP contribution in [0.4, 0.5) is 0 Å². The fourth-order valence-electron chi connectivity index (χ4n) is 2.45. The molecule has 1 N–H and O–H groups in total. The molecular formula is C15H27NO4. The van der Waals surface area contributed by atoms with Crippen molar-refractivity contribution in [2.45, 2.75) is 66.8 Å². The van der Waals surface area contributed by atoms with Crippen LogP contribution in [-0.2, 0) is 14.4 Å². The molecule has 20 heavy (non-hydrogen) atoms. The predicted molar refractivity (Wildman–Crippen MR) is 77.1 cm³/mol. The largest absolute Gasteiger partial charge is 0.481 e. The van der Waals surface area contributed by atoms with Crippen molar-refractivity contribution < 1.29 is 19.5 Å². The van der Waals surface area contributed by atoms with Crippen molar-refractivity contribution in [3.63, 3.8) is 0 Å². The zero-order valence-electron chi connectivity index (χ0n) is 13.6. The summed E-state index contributed by atoms with van der Waals surface area (Å²) in [5, 5.41) is 9.28. The first-order valence-corrected chi connectivity index (χ1v) is 6.97. The Hall–Kier alpha value is -1.39. The van der Waals surface area contributed by atoms with E-state index in [0.717, 1.165) is 0 Å². The van der Waals surface area contributed by atoms with Crippen LogP contribution in [-0.4, -0.2) is 33.3 Å². The Labute approximate surface area is 121 Å². The van der Waals surface area contributed by atoms with E-state index in [1.165, 1.54) is 11.8 Å². The second-order valence-electron chi connectivity index (χ2n) is 6.56. The van der Waals surface area contributed by atoms with E-state index >= 15 is 0 Å². The molecule has 5 heteroatoms. The molecule has 0 heterocycles. The quantitative estimate of drug-likeness (QED) is 0.814. The Balaban J connectivity index is 5.62. The van der Waals surface area contributed by atoms with Gasteiger partial charge in [0.1, 0.15) is 0 Å². The number of carbonyl (C=O) groups excluding carboxylic acids is 2. The van der Waals surface area contributed by atoms with Crippen molar-refractivity contribution in [3.8, 4) is 0 Å². The van der Waals surface area contributed by atoms with Crippen molar-refractivity contribution in [1.82, 2.24) is 4.90 Å². The van der Waals surface area contributed by atoms with Crippen LogP contribution in [0.3, 0.4) is 0 Å².